The van der Waals surface area contributed by atoms with E-state index in [0.717, 1.165) is 42.0 Å². The molecule has 1 aromatic carbocycles. The molecule has 0 bridgehead atoms. The number of imidazole rings is 1. The van der Waals surface area contributed by atoms with Gasteiger partial charge in [0.2, 0.25) is 0 Å². The molecule has 0 radical (unpaired) electrons. The van der Waals surface area contributed by atoms with E-state index in [2.05, 4.69) is 19.9 Å². The Morgan fingerprint density at radius 3 is 2.92 bits per heavy atom. The Hall–Kier alpha value is -2.24. The minimum absolute atomic E-state index is 0.00928. The number of H-pyrrole nitrogens is 1. The molecule has 0 amide bonds. The number of nitrogens with zero attached hydrogens (tertiary/aromatic N) is 3. The van der Waals surface area contributed by atoms with Crippen molar-refractivity contribution in [3.63, 3.8) is 0 Å². The first-order valence-electron chi connectivity index (χ1n) is 8.24. The van der Waals surface area contributed by atoms with E-state index < -0.39 is 0 Å². The number of nitrogens with one attached hydrogen (secondary N) is 1. The van der Waals surface area contributed by atoms with Crippen molar-refractivity contribution in [1.29, 1.82) is 0 Å². The lowest BCUT2D eigenvalue weighted by atomic mass is 9.94. The Labute approximate surface area is 150 Å². The smallest absolute Gasteiger partial charge is 0.129 e. The molecule has 2 aromatic heterocycles. The summed E-state index contributed by atoms with van der Waals surface area (Å²) in [6.07, 6.45) is 4.45. The van der Waals surface area contributed by atoms with E-state index in [4.69, 9.17) is 11.6 Å². The number of aromatic nitrogens is 3. The van der Waals surface area contributed by atoms with Crippen LogP contribution in [0.15, 0.2) is 42.9 Å². The Kier molecular flexibility index (Phi) is 4.27. The average molecular weight is 357 g/mol. The first-order chi connectivity index (χ1) is 12.1. The van der Waals surface area contributed by atoms with Gasteiger partial charge in [-0.05, 0) is 35.7 Å². The number of rotatable bonds is 3. The molecule has 1 atom stereocenters. The molecule has 128 valence electrons. The van der Waals surface area contributed by atoms with Crippen molar-refractivity contribution < 1.29 is 4.39 Å². The van der Waals surface area contributed by atoms with Crippen LogP contribution in [0.1, 0.15) is 34.1 Å². The van der Waals surface area contributed by atoms with E-state index in [9.17, 15) is 4.39 Å². The van der Waals surface area contributed by atoms with Gasteiger partial charge in [-0.3, -0.25) is 4.90 Å². The Morgan fingerprint density at radius 1 is 1.28 bits per heavy atom. The van der Waals surface area contributed by atoms with Gasteiger partial charge in [0.05, 0.1) is 18.1 Å². The van der Waals surface area contributed by atoms with E-state index in [1.807, 2.05) is 18.2 Å². The van der Waals surface area contributed by atoms with E-state index in [1.165, 1.54) is 6.07 Å². The summed E-state index contributed by atoms with van der Waals surface area (Å²) >= 11 is 5.89. The lowest BCUT2D eigenvalue weighted by Crippen LogP contribution is -2.36. The van der Waals surface area contributed by atoms with E-state index in [1.54, 1.807) is 25.5 Å². The van der Waals surface area contributed by atoms with Crippen LogP contribution in [-0.4, -0.2) is 26.4 Å². The molecular formula is C19H18ClFN4. The predicted octanol–water partition coefficient (Wildman–Crippen LogP) is 4.05. The lowest BCUT2D eigenvalue weighted by molar-refractivity contribution is 0.200. The average Bonchev–Trinajstić information content (AvgIpc) is 3.08. The number of aryl methyl sites for hydroxylation is 1. The van der Waals surface area contributed by atoms with Crippen LogP contribution in [0.3, 0.4) is 0 Å². The van der Waals surface area contributed by atoms with Crippen LogP contribution < -0.4 is 0 Å². The molecule has 0 saturated heterocycles. The highest BCUT2D eigenvalue weighted by atomic mass is 35.5. The summed E-state index contributed by atoms with van der Waals surface area (Å²) < 4.78 is 13.7. The van der Waals surface area contributed by atoms with Crippen LogP contribution in [-0.2, 0) is 13.0 Å². The van der Waals surface area contributed by atoms with Crippen molar-refractivity contribution >= 4 is 11.6 Å². The van der Waals surface area contributed by atoms with Crippen LogP contribution in [0.2, 0.25) is 5.15 Å². The van der Waals surface area contributed by atoms with Crippen LogP contribution in [0.25, 0.3) is 0 Å². The van der Waals surface area contributed by atoms with E-state index in [-0.39, 0.29) is 11.9 Å². The second-order valence-electron chi connectivity index (χ2n) is 6.39. The Morgan fingerprint density at radius 2 is 2.16 bits per heavy atom. The van der Waals surface area contributed by atoms with E-state index >= 15 is 0 Å². The SMILES string of the molecule is Cc1cc([C@H]2c3nc[nH]c3CCN2Cc2ccc(Cl)nc2)ccc1F. The number of pyridine rings is 1. The maximum atomic E-state index is 13.7. The molecule has 0 fully saturated rings. The molecule has 1 N–H and O–H groups in total. The highest BCUT2D eigenvalue weighted by molar-refractivity contribution is 6.29. The van der Waals surface area contributed by atoms with Crippen molar-refractivity contribution in [1.82, 2.24) is 19.9 Å². The summed E-state index contributed by atoms with van der Waals surface area (Å²) in [7, 11) is 0. The zero-order chi connectivity index (χ0) is 17.4. The molecule has 0 unspecified atom stereocenters. The summed E-state index contributed by atoms with van der Waals surface area (Å²) in [5.74, 6) is -0.185. The molecule has 4 nitrogen and oxygen atoms in total. The highest BCUT2D eigenvalue weighted by Crippen LogP contribution is 2.35. The number of aromatic amines is 1. The number of fused-ring (bicyclic) bond motifs is 1. The molecule has 3 heterocycles. The fraction of sp³-hybridized carbons (Fsp3) is 0.263. The summed E-state index contributed by atoms with van der Waals surface area (Å²) in [5, 5.41) is 0.489. The normalized spacial score (nSPS) is 17.5. The van der Waals surface area contributed by atoms with Gasteiger partial charge in [-0.1, -0.05) is 29.8 Å². The number of halogens is 2. The molecule has 0 saturated carbocycles. The minimum Gasteiger partial charge on any atom is -0.348 e. The van der Waals surface area contributed by atoms with Gasteiger partial charge in [-0.2, -0.15) is 0 Å². The maximum Gasteiger partial charge on any atom is 0.129 e. The largest absolute Gasteiger partial charge is 0.348 e. The zero-order valence-corrected chi connectivity index (χ0v) is 14.6. The van der Waals surface area contributed by atoms with Crippen molar-refractivity contribution in [2.75, 3.05) is 6.54 Å². The monoisotopic (exact) mass is 356 g/mol. The topological polar surface area (TPSA) is 44.8 Å². The van der Waals surface area contributed by atoms with Gasteiger partial charge < -0.3 is 4.98 Å². The second kappa shape index (κ2) is 6.58. The van der Waals surface area contributed by atoms with Gasteiger partial charge in [-0.15, -0.1) is 0 Å². The van der Waals surface area contributed by atoms with Gasteiger partial charge in [0.1, 0.15) is 11.0 Å². The van der Waals surface area contributed by atoms with Crippen molar-refractivity contribution in [2.45, 2.75) is 25.9 Å². The first kappa shape index (κ1) is 16.2. The Bertz CT molecular complexity index is 891. The predicted molar refractivity (Wildman–Crippen MR) is 94.9 cm³/mol. The lowest BCUT2D eigenvalue weighted by Gasteiger charge is -2.35. The molecule has 4 rings (SSSR count). The van der Waals surface area contributed by atoms with Gasteiger partial charge in [0.15, 0.2) is 0 Å². The van der Waals surface area contributed by atoms with Crippen LogP contribution in [0.5, 0.6) is 0 Å². The zero-order valence-electron chi connectivity index (χ0n) is 13.8. The third-order valence-electron chi connectivity index (χ3n) is 4.70. The van der Waals surface area contributed by atoms with Crippen molar-refractivity contribution in [2.24, 2.45) is 0 Å². The fourth-order valence-corrected chi connectivity index (χ4v) is 3.55. The standard InChI is InChI=1S/C19H18ClFN4/c1-12-8-14(3-4-15(12)21)19-18-16(23-11-24-18)6-7-25(19)10-13-2-5-17(20)22-9-13/h2-5,8-9,11,19H,6-7,10H2,1H3,(H,23,24)/t19-/m0/s1. The van der Waals surface area contributed by atoms with E-state index in [0.29, 0.717) is 10.7 Å². The summed E-state index contributed by atoms with van der Waals surface area (Å²) in [6.45, 7) is 3.41. The molecule has 0 spiro atoms. The van der Waals surface area contributed by atoms with Gasteiger partial charge in [0, 0.05) is 31.4 Å². The summed E-state index contributed by atoms with van der Waals surface area (Å²) in [5.41, 5.74) is 4.95. The van der Waals surface area contributed by atoms with Crippen LogP contribution >= 0.6 is 11.6 Å². The van der Waals surface area contributed by atoms with Crippen molar-refractivity contribution in [3.05, 3.63) is 81.9 Å². The number of hydrogen-bond acceptors (Lipinski definition) is 3. The number of hydrogen-bond donors (Lipinski definition) is 1. The van der Waals surface area contributed by atoms with Gasteiger partial charge in [-0.25, -0.2) is 14.4 Å². The maximum absolute atomic E-state index is 13.7. The minimum atomic E-state index is -0.185. The third kappa shape index (κ3) is 3.17. The van der Waals surface area contributed by atoms with Crippen molar-refractivity contribution in [3.8, 4) is 0 Å². The third-order valence-corrected chi connectivity index (χ3v) is 4.92. The molecule has 6 heteroatoms. The molecular weight excluding hydrogens is 339 g/mol. The van der Waals surface area contributed by atoms with Gasteiger partial charge >= 0.3 is 0 Å². The quantitative estimate of drug-likeness (QED) is 0.720. The molecule has 3 aromatic rings. The Balaban J connectivity index is 1.72. The molecule has 1 aliphatic heterocycles. The molecule has 25 heavy (non-hydrogen) atoms. The van der Waals surface area contributed by atoms with Gasteiger partial charge in [0.25, 0.3) is 0 Å². The van der Waals surface area contributed by atoms with Crippen LogP contribution in [0, 0.1) is 12.7 Å². The molecule has 1 aliphatic rings. The highest BCUT2D eigenvalue weighted by Gasteiger charge is 2.31. The summed E-state index contributed by atoms with van der Waals surface area (Å²) in [6, 6.07) is 9.08. The number of benzene rings is 1. The molecule has 0 aliphatic carbocycles. The van der Waals surface area contributed by atoms with Crippen LogP contribution in [0.4, 0.5) is 4.39 Å². The first-order valence-corrected chi connectivity index (χ1v) is 8.62. The summed E-state index contributed by atoms with van der Waals surface area (Å²) in [4.78, 5) is 14.3. The fourth-order valence-electron chi connectivity index (χ4n) is 3.44. The second-order valence-corrected chi connectivity index (χ2v) is 6.77.